The lowest BCUT2D eigenvalue weighted by molar-refractivity contribution is -0.387. The van der Waals surface area contributed by atoms with Crippen molar-refractivity contribution in [3.63, 3.8) is 0 Å². The van der Waals surface area contributed by atoms with E-state index in [1.54, 1.807) is 83.1 Å². The maximum atomic E-state index is 14.3. The van der Waals surface area contributed by atoms with Gasteiger partial charge in [0, 0.05) is 13.1 Å². The van der Waals surface area contributed by atoms with Crippen molar-refractivity contribution in [2.45, 2.75) is 83.3 Å². The summed E-state index contributed by atoms with van der Waals surface area (Å²) in [6.07, 6.45) is -3.81. The minimum absolute atomic E-state index is 0.0372. The van der Waals surface area contributed by atoms with Crippen molar-refractivity contribution in [3.8, 4) is 11.5 Å². The topological polar surface area (TPSA) is 236 Å². The zero-order valence-corrected chi connectivity index (χ0v) is 33.5. The number of amides is 4. The maximum absolute atomic E-state index is 14.3. The number of carbonyl (C=O) groups excluding carboxylic acids is 4. The number of nitro groups is 1. The lowest BCUT2D eigenvalue weighted by Gasteiger charge is -2.33. The molecule has 4 amide bonds. The molecule has 0 aliphatic rings. The van der Waals surface area contributed by atoms with Crippen LogP contribution in [0.15, 0.2) is 66.7 Å². The highest BCUT2D eigenvalue weighted by Crippen LogP contribution is 2.28. The van der Waals surface area contributed by atoms with Crippen LogP contribution in [0, 0.1) is 21.8 Å². The first kappa shape index (κ1) is 46.1. The van der Waals surface area contributed by atoms with Crippen LogP contribution in [0.1, 0.15) is 76.3 Å². The number of nitrogens with one attached hydrogen (secondary N) is 3. The number of hydrogen-bond acceptors (Lipinski definition) is 11. The molecule has 0 aliphatic carbocycles. The van der Waals surface area contributed by atoms with Crippen molar-refractivity contribution in [2.75, 3.05) is 21.3 Å². The van der Waals surface area contributed by atoms with Gasteiger partial charge in [-0.3, -0.25) is 29.4 Å². The molecule has 0 spiro atoms. The molecule has 314 valence electrons. The molecule has 3 aromatic rings. The summed E-state index contributed by atoms with van der Waals surface area (Å²) in [5, 5.41) is 40.5. The lowest BCUT2D eigenvalue weighted by atomic mass is 9.97. The van der Waals surface area contributed by atoms with Crippen LogP contribution >= 0.6 is 0 Å². The predicted octanol–water partition coefficient (Wildman–Crippen LogP) is 4.42. The molecule has 0 fully saturated rings. The summed E-state index contributed by atoms with van der Waals surface area (Å²) < 4.78 is 30.2. The minimum atomic E-state index is -2.13. The maximum Gasteiger partial charge on any atom is 0.410 e. The van der Waals surface area contributed by atoms with Gasteiger partial charge in [0.15, 0.2) is 0 Å². The van der Waals surface area contributed by atoms with Crippen molar-refractivity contribution in [1.82, 2.24) is 20.9 Å². The van der Waals surface area contributed by atoms with E-state index in [1.807, 2.05) is 0 Å². The Labute approximate surface area is 335 Å². The highest BCUT2D eigenvalue weighted by atomic mass is 19.1. The van der Waals surface area contributed by atoms with Crippen LogP contribution in [0.25, 0.3) is 0 Å². The standard InChI is InChI=1S/C40H50FN5O12/c1-22(2)19-31(45(6)39(53)58-40(3,4)5)36(49)44-34(35(48)25-13-18-28(41)30(20-25)46(54)55)37(50)42-29(38(51)52)21-32(47)43-33(23-9-14-26(56-7)15-10-23)24-11-16-27(57-8)17-12-24/h9-18,20,22,29,31,33-35,48H,19,21H2,1-8H3,(H,42,50)(H,43,47)(H,44,49)(H,51,52)/t29-,31+,34+,35+/m0/s1. The molecule has 0 saturated heterocycles. The molecule has 0 aliphatic heterocycles. The first-order valence-electron chi connectivity index (χ1n) is 18.1. The Balaban J connectivity index is 1.98. The quantitative estimate of drug-likeness (QED) is 0.0888. The van der Waals surface area contributed by atoms with Crippen LogP contribution in [0.4, 0.5) is 14.9 Å². The second-order valence-electron chi connectivity index (χ2n) is 14.8. The molecular weight excluding hydrogens is 761 g/mol. The van der Waals surface area contributed by atoms with Gasteiger partial charge in [-0.1, -0.05) is 44.2 Å². The molecule has 17 nitrogen and oxygen atoms in total. The number of rotatable bonds is 18. The number of halogens is 1. The van der Waals surface area contributed by atoms with E-state index in [0.29, 0.717) is 34.8 Å². The Bertz CT molecular complexity index is 1890. The van der Waals surface area contributed by atoms with Crippen LogP contribution in [0.3, 0.4) is 0 Å². The highest BCUT2D eigenvalue weighted by molar-refractivity contribution is 5.94. The normalized spacial score (nSPS) is 13.4. The monoisotopic (exact) mass is 811 g/mol. The van der Waals surface area contributed by atoms with Gasteiger partial charge in [-0.25, -0.2) is 9.59 Å². The van der Waals surface area contributed by atoms with Crippen molar-refractivity contribution in [1.29, 1.82) is 0 Å². The second-order valence-corrected chi connectivity index (χ2v) is 14.8. The molecule has 3 aromatic carbocycles. The number of methoxy groups -OCH3 is 2. The Hall–Kier alpha value is -6.30. The van der Waals surface area contributed by atoms with E-state index in [0.717, 1.165) is 11.0 Å². The van der Waals surface area contributed by atoms with Crippen molar-refractivity contribution in [3.05, 3.63) is 99.4 Å². The van der Waals surface area contributed by atoms with E-state index in [1.165, 1.54) is 21.3 Å². The largest absolute Gasteiger partial charge is 0.497 e. The molecule has 0 radical (unpaired) electrons. The molecule has 4 atom stereocenters. The Morgan fingerprint density at radius 2 is 1.36 bits per heavy atom. The first-order valence-corrected chi connectivity index (χ1v) is 18.1. The van der Waals surface area contributed by atoms with Gasteiger partial charge in [-0.15, -0.1) is 0 Å². The summed E-state index contributed by atoms with van der Waals surface area (Å²) in [6, 6.07) is 9.63. The van der Waals surface area contributed by atoms with Gasteiger partial charge in [-0.05, 0) is 80.1 Å². The minimum Gasteiger partial charge on any atom is -0.497 e. The number of hydrogen-bond donors (Lipinski definition) is 5. The van der Waals surface area contributed by atoms with Gasteiger partial charge in [0.25, 0.3) is 0 Å². The van der Waals surface area contributed by atoms with E-state index >= 15 is 0 Å². The number of carboxylic acids is 1. The number of aliphatic hydroxyl groups excluding tert-OH is 1. The molecule has 0 unspecified atom stereocenters. The highest BCUT2D eigenvalue weighted by Gasteiger charge is 2.38. The molecular formula is C40H50FN5O12. The summed E-state index contributed by atoms with van der Waals surface area (Å²) >= 11 is 0. The number of ether oxygens (including phenoxy) is 3. The third-order valence-electron chi connectivity index (χ3n) is 8.76. The number of carboxylic acid groups (broad SMARTS) is 1. The summed E-state index contributed by atoms with van der Waals surface area (Å²) in [7, 11) is 4.27. The van der Waals surface area contributed by atoms with Crippen LogP contribution < -0.4 is 25.4 Å². The SMILES string of the molecule is COc1ccc(C(NC(=O)C[C@H](NC(=O)[C@H](NC(=O)[C@@H](CC(C)C)N(C)C(=O)OC(C)(C)C)[C@H](O)c2ccc(F)c([N+](=O)[O-])c2)C(=O)O)c2ccc(OC)cc2)cc1. The predicted molar refractivity (Wildman–Crippen MR) is 207 cm³/mol. The van der Waals surface area contributed by atoms with Crippen LogP contribution in [0.5, 0.6) is 11.5 Å². The molecule has 18 heteroatoms. The van der Waals surface area contributed by atoms with Crippen LogP contribution in [0.2, 0.25) is 0 Å². The van der Waals surface area contributed by atoms with Gasteiger partial charge < -0.3 is 40.4 Å². The number of likely N-dealkylation sites (N-methyl/N-ethyl adjacent to an activating group) is 1. The zero-order valence-electron chi connectivity index (χ0n) is 33.5. The first-order chi connectivity index (χ1) is 27.1. The molecule has 0 aromatic heterocycles. The van der Waals surface area contributed by atoms with Crippen LogP contribution in [-0.4, -0.2) is 94.8 Å². The fourth-order valence-corrected chi connectivity index (χ4v) is 5.75. The van der Waals surface area contributed by atoms with Gasteiger partial charge in [0.1, 0.15) is 41.3 Å². The van der Waals surface area contributed by atoms with E-state index in [9.17, 15) is 48.7 Å². The lowest BCUT2D eigenvalue weighted by Crippen LogP contribution is -2.58. The Morgan fingerprint density at radius 1 is 0.845 bits per heavy atom. The molecule has 5 N–H and O–H groups in total. The van der Waals surface area contributed by atoms with E-state index in [-0.39, 0.29) is 17.9 Å². The average molecular weight is 812 g/mol. The summed E-state index contributed by atoms with van der Waals surface area (Å²) in [5.41, 5.74) is -1.18. The van der Waals surface area contributed by atoms with Gasteiger partial charge in [0.2, 0.25) is 23.5 Å². The van der Waals surface area contributed by atoms with Gasteiger partial charge in [-0.2, -0.15) is 4.39 Å². The molecule has 0 saturated carbocycles. The number of aliphatic hydroxyl groups is 1. The fourth-order valence-electron chi connectivity index (χ4n) is 5.75. The Kier molecular flexibility index (Phi) is 16.1. The fraction of sp³-hybridized carbons (Fsp3) is 0.425. The summed E-state index contributed by atoms with van der Waals surface area (Å²) in [4.78, 5) is 78.5. The van der Waals surface area contributed by atoms with Crippen molar-refractivity contribution >= 4 is 35.5 Å². The molecule has 58 heavy (non-hydrogen) atoms. The number of nitro benzene ring substituents is 1. The van der Waals surface area contributed by atoms with E-state index < -0.39 is 88.5 Å². The van der Waals surface area contributed by atoms with Crippen LogP contribution in [-0.2, 0) is 23.9 Å². The van der Waals surface area contributed by atoms with Crippen molar-refractivity contribution in [2.24, 2.45) is 5.92 Å². The van der Waals surface area contributed by atoms with Crippen molar-refractivity contribution < 1.29 is 57.7 Å². The molecule has 3 rings (SSSR count). The Morgan fingerprint density at radius 3 is 1.81 bits per heavy atom. The smallest absolute Gasteiger partial charge is 0.410 e. The van der Waals surface area contributed by atoms with E-state index in [4.69, 9.17) is 14.2 Å². The van der Waals surface area contributed by atoms with E-state index in [2.05, 4.69) is 16.0 Å². The zero-order chi connectivity index (χ0) is 43.5. The summed E-state index contributed by atoms with van der Waals surface area (Å²) in [5.74, 6) is -5.15. The summed E-state index contributed by atoms with van der Waals surface area (Å²) in [6.45, 7) is 8.37. The second kappa shape index (κ2) is 20.2. The van der Waals surface area contributed by atoms with Gasteiger partial charge >= 0.3 is 17.7 Å². The third kappa shape index (κ3) is 12.9. The number of aliphatic carboxylic acids is 1. The number of benzene rings is 3. The molecule has 0 bridgehead atoms. The molecule has 0 heterocycles. The number of nitrogens with zero attached hydrogens (tertiary/aromatic N) is 2. The number of carbonyl (C=O) groups is 5. The van der Waals surface area contributed by atoms with Gasteiger partial charge in [0.05, 0.1) is 31.6 Å². The third-order valence-corrected chi connectivity index (χ3v) is 8.76. The average Bonchev–Trinajstić information content (AvgIpc) is 3.16.